The van der Waals surface area contributed by atoms with Crippen molar-refractivity contribution in [1.82, 2.24) is 14.7 Å². The van der Waals surface area contributed by atoms with Crippen molar-refractivity contribution in [3.8, 4) is 22.5 Å². The molecule has 3 heterocycles. The summed E-state index contributed by atoms with van der Waals surface area (Å²) in [5, 5.41) is 4.83. The van der Waals surface area contributed by atoms with E-state index in [2.05, 4.69) is 12.1 Å². The van der Waals surface area contributed by atoms with E-state index in [1.165, 1.54) is 0 Å². The first-order chi connectivity index (χ1) is 19.2. The van der Waals surface area contributed by atoms with Crippen LogP contribution in [0.4, 0.5) is 0 Å². The Morgan fingerprint density at radius 1 is 0.769 bits per heavy atom. The number of rotatable bonds is 5. The molecule has 39 heavy (non-hydrogen) atoms. The fraction of sp³-hybridized carbons (Fsp3) is 0.212. The zero-order valence-electron chi connectivity index (χ0n) is 21.8. The van der Waals surface area contributed by atoms with Gasteiger partial charge >= 0.3 is 0 Å². The molecule has 1 amide bonds. The lowest BCUT2D eigenvalue weighted by molar-refractivity contribution is -0.132. The lowest BCUT2D eigenvalue weighted by atomic mass is 9.94. The minimum atomic E-state index is -0.0523. The van der Waals surface area contributed by atoms with Crippen LogP contribution in [-0.2, 0) is 16.1 Å². The largest absolute Gasteiger partial charge is 0.336 e. The molecule has 0 aliphatic carbocycles. The van der Waals surface area contributed by atoms with Crippen molar-refractivity contribution in [3.63, 3.8) is 0 Å². The van der Waals surface area contributed by atoms with Gasteiger partial charge in [-0.15, -0.1) is 0 Å². The van der Waals surface area contributed by atoms with Crippen LogP contribution < -0.4 is 0 Å². The van der Waals surface area contributed by atoms with E-state index in [1.807, 2.05) is 84.9 Å². The highest BCUT2D eigenvalue weighted by molar-refractivity contribution is 6.04. The van der Waals surface area contributed by atoms with E-state index in [4.69, 9.17) is 10.1 Å². The third-order valence-electron chi connectivity index (χ3n) is 7.40. The fourth-order valence-electron chi connectivity index (χ4n) is 5.32. The van der Waals surface area contributed by atoms with E-state index >= 15 is 0 Å². The molecule has 4 aromatic rings. The molecular weight excluding hydrogens is 484 g/mol. The summed E-state index contributed by atoms with van der Waals surface area (Å²) in [7, 11) is 0. The number of nitrogens with zero attached hydrogens (tertiary/aromatic N) is 4. The zero-order chi connectivity index (χ0) is 26.6. The van der Waals surface area contributed by atoms with Crippen molar-refractivity contribution in [3.05, 3.63) is 114 Å². The van der Waals surface area contributed by atoms with Crippen LogP contribution in [0.2, 0.25) is 0 Å². The fourth-order valence-corrected chi connectivity index (χ4v) is 5.32. The highest BCUT2D eigenvalue weighted by atomic mass is 16.2. The maximum absolute atomic E-state index is 13.6. The molecule has 6 heteroatoms. The number of hydrogen-bond acceptors (Lipinski definition) is 4. The minimum absolute atomic E-state index is 0.0523. The second-order valence-corrected chi connectivity index (χ2v) is 10.00. The molecule has 0 atom stereocenters. The summed E-state index contributed by atoms with van der Waals surface area (Å²) in [6.07, 6.45) is 2.58. The van der Waals surface area contributed by atoms with Gasteiger partial charge in [-0.3, -0.25) is 19.3 Å². The summed E-state index contributed by atoms with van der Waals surface area (Å²) in [6.45, 7) is 0.933. The van der Waals surface area contributed by atoms with Crippen molar-refractivity contribution in [2.24, 2.45) is 4.99 Å². The van der Waals surface area contributed by atoms with Crippen molar-refractivity contribution in [1.29, 1.82) is 0 Å². The summed E-state index contributed by atoms with van der Waals surface area (Å²) >= 11 is 0. The summed E-state index contributed by atoms with van der Waals surface area (Å²) in [4.78, 5) is 33.5. The molecule has 0 N–H and O–H groups in total. The Morgan fingerprint density at radius 2 is 1.41 bits per heavy atom. The van der Waals surface area contributed by atoms with Crippen LogP contribution in [0.25, 0.3) is 22.5 Å². The van der Waals surface area contributed by atoms with Crippen LogP contribution >= 0.6 is 0 Å². The molecule has 0 bridgehead atoms. The van der Waals surface area contributed by atoms with E-state index < -0.39 is 0 Å². The Hall–Kier alpha value is -4.58. The second-order valence-electron chi connectivity index (χ2n) is 10.00. The molecule has 2 aliphatic heterocycles. The second kappa shape index (κ2) is 11.0. The van der Waals surface area contributed by atoms with Crippen LogP contribution in [-0.4, -0.2) is 45.2 Å². The van der Waals surface area contributed by atoms with Gasteiger partial charge in [0.05, 0.1) is 23.6 Å². The molecular formula is C33H30N4O2. The highest BCUT2D eigenvalue weighted by Gasteiger charge is 2.29. The molecule has 3 aromatic carbocycles. The maximum Gasteiger partial charge on any atom is 0.244 e. The molecule has 0 radical (unpaired) electrons. The third-order valence-corrected chi connectivity index (χ3v) is 7.40. The molecule has 0 saturated heterocycles. The Bertz CT molecular complexity index is 1550. The van der Waals surface area contributed by atoms with Crippen LogP contribution in [0.3, 0.4) is 0 Å². The van der Waals surface area contributed by atoms with Gasteiger partial charge in [0.2, 0.25) is 5.91 Å². The molecule has 194 valence electrons. The van der Waals surface area contributed by atoms with E-state index in [1.54, 1.807) is 9.58 Å². The number of benzene rings is 3. The molecule has 0 unspecified atom stereocenters. The van der Waals surface area contributed by atoms with E-state index in [-0.39, 0.29) is 18.2 Å². The van der Waals surface area contributed by atoms with E-state index in [0.29, 0.717) is 31.5 Å². The number of aromatic nitrogens is 2. The van der Waals surface area contributed by atoms with Crippen molar-refractivity contribution < 1.29 is 9.59 Å². The molecule has 1 aromatic heterocycles. The number of carbonyl (C=O) groups excluding carboxylic acids is 2. The van der Waals surface area contributed by atoms with Crippen molar-refractivity contribution in [2.45, 2.75) is 32.2 Å². The van der Waals surface area contributed by atoms with Crippen LogP contribution in [0.15, 0.2) is 113 Å². The Morgan fingerprint density at radius 3 is 2.10 bits per heavy atom. The van der Waals surface area contributed by atoms with Gasteiger partial charge in [-0.1, -0.05) is 91.0 Å². The first-order valence-corrected chi connectivity index (χ1v) is 13.5. The monoisotopic (exact) mass is 514 g/mol. The van der Waals surface area contributed by atoms with Gasteiger partial charge in [0.1, 0.15) is 6.54 Å². The minimum Gasteiger partial charge on any atom is -0.336 e. The zero-order valence-corrected chi connectivity index (χ0v) is 21.8. The number of Topliss-reactive ketones (excluding diaryl/α,β-unsaturated/α-hetero) is 1. The topological polar surface area (TPSA) is 67.6 Å². The smallest absolute Gasteiger partial charge is 0.244 e. The number of hydrogen-bond donors (Lipinski definition) is 0. The van der Waals surface area contributed by atoms with Gasteiger partial charge < -0.3 is 4.90 Å². The van der Waals surface area contributed by atoms with Gasteiger partial charge in [0.15, 0.2) is 5.78 Å². The van der Waals surface area contributed by atoms with Crippen LogP contribution in [0, 0.1) is 0 Å². The first-order valence-electron chi connectivity index (χ1n) is 13.5. The van der Waals surface area contributed by atoms with E-state index in [9.17, 15) is 9.59 Å². The highest BCUT2D eigenvalue weighted by Crippen LogP contribution is 2.28. The van der Waals surface area contributed by atoms with Crippen LogP contribution in [0.5, 0.6) is 0 Å². The summed E-state index contributed by atoms with van der Waals surface area (Å²) in [5.74, 6) is 0.0531. The predicted molar refractivity (Wildman–Crippen MR) is 153 cm³/mol. The number of amides is 1. The number of ketones is 1. The van der Waals surface area contributed by atoms with Crippen molar-refractivity contribution >= 4 is 17.4 Å². The number of carbonyl (C=O) groups is 2. The number of aliphatic imine (C=N–C) groups is 1. The van der Waals surface area contributed by atoms with Gasteiger partial charge in [-0.2, -0.15) is 5.10 Å². The van der Waals surface area contributed by atoms with Gasteiger partial charge in [0.25, 0.3) is 0 Å². The Kier molecular flexibility index (Phi) is 7.00. The summed E-state index contributed by atoms with van der Waals surface area (Å²) in [5.41, 5.74) is 7.34. The molecule has 2 aliphatic rings. The predicted octanol–water partition coefficient (Wildman–Crippen LogP) is 5.95. The van der Waals surface area contributed by atoms with Crippen LogP contribution in [0.1, 0.15) is 31.2 Å². The van der Waals surface area contributed by atoms with Gasteiger partial charge in [-0.05, 0) is 30.0 Å². The molecule has 0 fully saturated rings. The normalized spacial score (nSPS) is 15.8. The third kappa shape index (κ3) is 5.36. The lowest BCUT2D eigenvalue weighted by Crippen LogP contribution is -2.41. The first kappa shape index (κ1) is 24.7. The maximum atomic E-state index is 13.6. The molecule has 0 spiro atoms. The summed E-state index contributed by atoms with van der Waals surface area (Å²) in [6, 6.07) is 32.2. The Labute approximate surface area is 228 Å². The lowest BCUT2D eigenvalue weighted by Gasteiger charge is -2.30. The molecule has 6 nitrogen and oxygen atoms in total. The average Bonchev–Trinajstić information content (AvgIpc) is 3.40. The molecule has 6 rings (SSSR count). The standard InChI is InChI=1S/C33H30N4O2/c38-32-18-10-17-28(24-11-4-1-5-12-24)34-29-19-20-36(22-27(29)32)33(39)23-37-31(26-15-8-3-9-16-26)21-30(35-37)25-13-6-2-7-14-25/h1-9,11-16,21H,10,17-20,22-23H2. The van der Waals surface area contributed by atoms with Gasteiger partial charge in [0, 0.05) is 36.2 Å². The average molecular weight is 515 g/mol. The van der Waals surface area contributed by atoms with E-state index in [0.717, 1.165) is 52.3 Å². The SMILES string of the molecule is O=C1CCCC(c2ccccc2)=NC2=C1CN(C(=O)Cn1nc(-c3ccccc3)cc1-c1ccccc1)CC2. The molecule has 0 saturated carbocycles. The van der Waals surface area contributed by atoms with Gasteiger partial charge in [-0.25, -0.2) is 0 Å². The van der Waals surface area contributed by atoms with Crippen molar-refractivity contribution in [2.75, 3.05) is 13.1 Å². The quantitative estimate of drug-likeness (QED) is 0.331. The Balaban J connectivity index is 1.27. The summed E-state index contributed by atoms with van der Waals surface area (Å²) < 4.78 is 1.79.